The van der Waals surface area contributed by atoms with E-state index in [2.05, 4.69) is 92.9 Å². The van der Waals surface area contributed by atoms with Gasteiger partial charge in [0.1, 0.15) is 0 Å². The van der Waals surface area contributed by atoms with Crippen molar-refractivity contribution in [1.29, 1.82) is 0 Å². The van der Waals surface area contributed by atoms with Gasteiger partial charge < -0.3 is 10.2 Å². The summed E-state index contributed by atoms with van der Waals surface area (Å²) >= 11 is -0.844. The molecule has 2 saturated heterocycles. The second-order valence-electron chi connectivity index (χ2n) is 10.2. The second-order valence-corrected chi connectivity index (χ2v) is 13.9. The number of benzene rings is 1. The molecule has 0 aromatic heterocycles. The molecule has 0 saturated carbocycles. The summed E-state index contributed by atoms with van der Waals surface area (Å²) < 4.78 is 1.40. The minimum atomic E-state index is -0.844. The van der Waals surface area contributed by atoms with E-state index in [1.54, 1.807) is 0 Å². The maximum atomic E-state index is 4.33. The molecule has 2 heterocycles. The molecule has 1 aliphatic carbocycles. The summed E-state index contributed by atoms with van der Waals surface area (Å²) in [5, 5.41) is 7.07. The average molecular weight is 540 g/mol. The quantitative estimate of drug-likeness (QED) is 0.429. The molecule has 190 valence electrons. The Hall–Kier alpha value is -1.91. The molecule has 2 aliphatic heterocycles. The summed E-state index contributed by atoms with van der Waals surface area (Å²) in [6, 6.07) is 9.45. The Morgan fingerprint density at radius 1 is 1.11 bits per heavy atom. The summed E-state index contributed by atoms with van der Waals surface area (Å²) in [5.74, 6) is 2.98. The predicted molar refractivity (Wildman–Crippen MR) is 155 cm³/mol. The summed E-state index contributed by atoms with van der Waals surface area (Å²) in [4.78, 5) is 5.38. The van der Waals surface area contributed by atoms with Crippen molar-refractivity contribution in [3.8, 4) is 0 Å². The number of piperidine rings is 2. The Kier molecular flexibility index (Phi) is 10.0. The third-order valence-corrected chi connectivity index (χ3v) is 9.79. The summed E-state index contributed by atoms with van der Waals surface area (Å²) in [6.07, 6.45) is 18.5. The molecule has 1 atom stereocenters. The number of allylic oxidation sites excluding steroid dienone is 6. The molecule has 2 N–H and O–H groups in total. The summed E-state index contributed by atoms with van der Waals surface area (Å²) in [6.45, 7) is 11.3. The van der Waals surface area contributed by atoms with Crippen LogP contribution in [0.3, 0.4) is 0 Å². The molecule has 0 amide bonds. The van der Waals surface area contributed by atoms with Gasteiger partial charge >= 0.3 is 126 Å². The topological polar surface area (TPSA) is 30.5 Å². The Labute approximate surface area is 217 Å². The first-order valence-electron chi connectivity index (χ1n) is 13.3. The van der Waals surface area contributed by atoms with Crippen LogP contribution in [0.1, 0.15) is 38.5 Å². The fourth-order valence-corrected chi connectivity index (χ4v) is 6.72. The minimum absolute atomic E-state index is 0.658. The molecule has 0 spiro atoms. The van der Waals surface area contributed by atoms with Crippen molar-refractivity contribution in [2.45, 2.75) is 50.4 Å². The molecular formula is C30H44N4Se. The molecule has 35 heavy (non-hydrogen) atoms. The van der Waals surface area contributed by atoms with E-state index < -0.39 is 13.5 Å². The number of hydrogen-bond donors (Lipinski definition) is 2. The van der Waals surface area contributed by atoms with Crippen molar-refractivity contribution in [3.05, 3.63) is 72.6 Å². The first kappa shape index (κ1) is 26.2. The van der Waals surface area contributed by atoms with E-state index in [0.29, 0.717) is 6.04 Å². The van der Waals surface area contributed by atoms with Crippen molar-refractivity contribution < 1.29 is 0 Å². The fraction of sp³-hybridized carbons (Fsp3) is 0.500. The molecule has 1 aromatic carbocycles. The van der Waals surface area contributed by atoms with Crippen LogP contribution in [0.25, 0.3) is 0 Å². The van der Waals surface area contributed by atoms with Crippen molar-refractivity contribution in [2.75, 3.05) is 44.6 Å². The molecule has 4 nitrogen and oxygen atoms in total. The van der Waals surface area contributed by atoms with Crippen LogP contribution in [-0.2, 0) is 0 Å². The van der Waals surface area contributed by atoms with Crippen LogP contribution in [0.2, 0.25) is 5.82 Å². The number of nitrogens with one attached hydrogen (secondary N) is 2. The molecule has 4 rings (SSSR count). The van der Waals surface area contributed by atoms with Gasteiger partial charge in [-0.2, -0.15) is 0 Å². The first-order valence-corrected chi connectivity index (χ1v) is 17.1. The number of hydrogen-bond acceptors (Lipinski definition) is 4. The van der Waals surface area contributed by atoms with E-state index in [0.717, 1.165) is 56.3 Å². The first-order chi connectivity index (χ1) is 17.1. The third-order valence-electron chi connectivity index (χ3n) is 7.54. The van der Waals surface area contributed by atoms with E-state index in [-0.39, 0.29) is 0 Å². The number of anilines is 1. The zero-order valence-electron chi connectivity index (χ0n) is 21.6. The van der Waals surface area contributed by atoms with E-state index in [4.69, 9.17) is 0 Å². The van der Waals surface area contributed by atoms with Crippen LogP contribution in [0.15, 0.2) is 72.6 Å². The number of likely N-dealkylation sites (tertiary alicyclic amines) is 1. The van der Waals surface area contributed by atoms with Crippen LogP contribution in [0.5, 0.6) is 0 Å². The summed E-state index contributed by atoms with van der Waals surface area (Å²) in [7, 11) is 0. The van der Waals surface area contributed by atoms with Gasteiger partial charge in [-0.15, -0.1) is 0 Å². The van der Waals surface area contributed by atoms with Gasteiger partial charge in [0.2, 0.25) is 0 Å². The van der Waals surface area contributed by atoms with Gasteiger partial charge in [-0.05, 0) is 38.4 Å². The fourth-order valence-electron chi connectivity index (χ4n) is 5.46. The van der Waals surface area contributed by atoms with Gasteiger partial charge in [-0.1, -0.05) is 24.3 Å². The van der Waals surface area contributed by atoms with Gasteiger partial charge in [0.25, 0.3) is 0 Å². The zero-order valence-corrected chi connectivity index (χ0v) is 23.3. The number of nitrogens with zero attached hydrogens (tertiary/aromatic N) is 2. The molecule has 2 fully saturated rings. The van der Waals surface area contributed by atoms with Crippen molar-refractivity contribution >= 4 is 29.0 Å². The van der Waals surface area contributed by atoms with Crippen LogP contribution < -0.4 is 15.1 Å². The SMILES string of the molecule is C=C(CC1CCN(CCN(C2=CCC=CC=C2)C2CCNCC2)CC1)Nc1ccc([Se](=C)C)cc1. The van der Waals surface area contributed by atoms with Crippen LogP contribution in [0, 0.1) is 5.92 Å². The van der Waals surface area contributed by atoms with Crippen molar-refractivity contribution in [1.82, 2.24) is 15.1 Å². The average Bonchev–Trinajstić information content (AvgIpc) is 3.16. The Bertz CT molecular complexity index is 932. The van der Waals surface area contributed by atoms with E-state index >= 15 is 0 Å². The van der Waals surface area contributed by atoms with Gasteiger partial charge in [0.15, 0.2) is 0 Å². The van der Waals surface area contributed by atoms with Crippen LogP contribution in [0.4, 0.5) is 5.69 Å². The number of rotatable bonds is 10. The third kappa shape index (κ3) is 8.05. The van der Waals surface area contributed by atoms with Crippen LogP contribution in [-0.4, -0.2) is 74.0 Å². The van der Waals surface area contributed by atoms with Gasteiger partial charge in [-0.25, -0.2) is 0 Å². The van der Waals surface area contributed by atoms with Gasteiger partial charge in [0, 0.05) is 18.3 Å². The molecule has 5 heteroatoms. The zero-order chi connectivity index (χ0) is 24.5. The molecule has 3 aliphatic rings. The monoisotopic (exact) mass is 540 g/mol. The molecule has 1 aromatic rings. The summed E-state index contributed by atoms with van der Waals surface area (Å²) in [5.41, 5.74) is 7.94. The van der Waals surface area contributed by atoms with Crippen molar-refractivity contribution in [3.63, 3.8) is 0 Å². The molecule has 0 bridgehead atoms. The maximum absolute atomic E-state index is 4.33. The molecule has 1 unspecified atom stereocenters. The van der Waals surface area contributed by atoms with Crippen LogP contribution >= 0.6 is 0 Å². The molecule has 0 radical (unpaired) electrons. The predicted octanol–water partition coefficient (Wildman–Crippen LogP) is 4.51. The van der Waals surface area contributed by atoms with E-state index in [1.807, 2.05) is 0 Å². The second kappa shape index (κ2) is 13.4. The standard InChI is InChI=1S/C30H44N4Se/c1-25(32-27-10-12-30(13-11-27)35(2)3)24-26-16-20-33(21-17-26)22-23-34(29-14-18-31-19-15-29)28-8-6-4-5-7-9-28/h4-6,8-13,26,29,31-32H,1-2,7,14-24H2,3H3. The van der Waals surface area contributed by atoms with E-state index in [9.17, 15) is 0 Å². The Morgan fingerprint density at radius 2 is 1.86 bits per heavy atom. The van der Waals surface area contributed by atoms with Gasteiger partial charge in [-0.3, -0.25) is 0 Å². The Balaban J connectivity index is 1.23. The van der Waals surface area contributed by atoms with Crippen molar-refractivity contribution in [2.24, 2.45) is 5.92 Å². The Morgan fingerprint density at radius 3 is 2.57 bits per heavy atom. The van der Waals surface area contributed by atoms with E-state index in [1.165, 1.54) is 48.9 Å². The van der Waals surface area contributed by atoms with Gasteiger partial charge in [0.05, 0.1) is 0 Å². The molecular weight excluding hydrogens is 495 g/mol. The normalized spacial score (nSPS) is 20.8.